The van der Waals surface area contributed by atoms with E-state index in [2.05, 4.69) is 10.6 Å². The minimum atomic E-state index is -0.295. The van der Waals surface area contributed by atoms with E-state index in [-0.39, 0.29) is 30.9 Å². The summed E-state index contributed by atoms with van der Waals surface area (Å²) in [4.78, 5) is 26.3. The number of para-hydroxylation sites is 1. The van der Waals surface area contributed by atoms with Gasteiger partial charge >= 0.3 is 0 Å². The van der Waals surface area contributed by atoms with Crippen molar-refractivity contribution in [1.29, 1.82) is 0 Å². The van der Waals surface area contributed by atoms with Gasteiger partial charge in [0.15, 0.2) is 0 Å². The van der Waals surface area contributed by atoms with Crippen molar-refractivity contribution in [2.45, 2.75) is 26.3 Å². The Kier molecular flexibility index (Phi) is 8.30. The second kappa shape index (κ2) is 10.5. The van der Waals surface area contributed by atoms with Crippen LogP contribution in [0.1, 0.15) is 30.5 Å². The molecule has 0 aliphatic rings. The molecule has 0 heterocycles. The minimum absolute atomic E-state index is 0.0380. The summed E-state index contributed by atoms with van der Waals surface area (Å²) in [5.74, 6) is -0.436. The monoisotopic (exact) mass is 421 g/mol. The Morgan fingerprint density at radius 1 is 1.00 bits per heavy atom. The van der Waals surface area contributed by atoms with E-state index in [0.29, 0.717) is 15.7 Å². The number of carbonyl (C=O) groups excluding carboxylic acids is 2. The maximum absolute atomic E-state index is 12.4. The summed E-state index contributed by atoms with van der Waals surface area (Å²) in [6.07, 6.45) is 0.782. The Morgan fingerprint density at radius 3 is 2.14 bits per heavy atom. The molecule has 2 aromatic rings. The molecule has 2 N–H and O–H groups in total. The lowest BCUT2D eigenvalue weighted by atomic mass is 10.0. The molecule has 7 heteroatoms. The van der Waals surface area contributed by atoms with Crippen LogP contribution in [0.4, 0.5) is 5.69 Å². The highest BCUT2D eigenvalue weighted by atomic mass is 35.5. The number of likely N-dealkylation sites (N-methyl/N-ethyl adjacent to an activating group) is 1. The minimum Gasteiger partial charge on any atom is -0.348 e. The third kappa shape index (κ3) is 6.51. The second-order valence-corrected chi connectivity index (χ2v) is 7.57. The number of anilines is 1. The van der Waals surface area contributed by atoms with Gasteiger partial charge in [0.2, 0.25) is 11.8 Å². The van der Waals surface area contributed by atoms with Gasteiger partial charge in [0, 0.05) is 0 Å². The fraction of sp³-hybridized carbons (Fsp3) is 0.333. The molecule has 150 valence electrons. The maximum atomic E-state index is 12.4. The number of nitrogens with zero attached hydrogens (tertiary/aromatic N) is 1. The zero-order valence-electron chi connectivity index (χ0n) is 16.3. The fourth-order valence-corrected chi connectivity index (χ4v) is 3.29. The lowest BCUT2D eigenvalue weighted by Crippen LogP contribution is -2.40. The molecule has 0 aliphatic heterocycles. The molecule has 2 amide bonds. The van der Waals surface area contributed by atoms with E-state index >= 15 is 0 Å². The van der Waals surface area contributed by atoms with Crippen LogP contribution in [0.5, 0.6) is 0 Å². The molecule has 2 aromatic carbocycles. The van der Waals surface area contributed by atoms with Crippen molar-refractivity contribution >= 4 is 40.7 Å². The summed E-state index contributed by atoms with van der Waals surface area (Å²) >= 11 is 12.1. The summed E-state index contributed by atoms with van der Waals surface area (Å²) in [6, 6.07) is 13.0. The Labute approximate surface area is 176 Å². The summed E-state index contributed by atoms with van der Waals surface area (Å²) in [5, 5.41) is 6.44. The van der Waals surface area contributed by atoms with Crippen molar-refractivity contribution in [2.75, 3.05) is 25.5 Å². The molecule has 0 spiro atoms. The Balaban J connectivity index is 1.87. The zero-order valence-corrected chi connectivity index (χ0v) is 17.8. The highest BCUT2D eigenvalue weighted by Crippen LogP contribution is 2.29. The van der Waals surface area contributed by atoms with E-state index in [9.17, 15) is 9.59 Å². The van der Waals surface area contributed by atoms with Crippen LogP contribution in [0.3, 0.4) is 0 Å². The van der Waals surface area contributed by atoms with Crippen LogP contribution in [0.2, 0.25) is 10.0 Å². The van der Waals surface area contributed by atoms with Gasteiger partial charge in [-0.2, -0.15) is 0 Å². The van der Waals surface area contributed by atoms with Crippen molar-refractivity contribution in [3.05, 3.63) is 63.6 Å². The molecule has 28 heavy (non-hydrogen) atoms. The number of amides is 2. The van der Waals surface area contributed by atoms with Gasteiger partial charge in [-0.15, -0.1) is 0 Å². The largest absolute Gasteiger partial charge is 0.348 e. The molecule has 2 rings (SSSR count). The number of nitrogens with one attached hydrogen (secondary N) is 2. The third-order valence-corrected chi connectivity index (χ3v) is 4.91. The van der Waals surface area contributed by atoms with Gasteiger partial charge in [0.05, 0.1) is 34.9 Å². The molecule has 0 aliphatic carbocycles. The molecule has 0 fully saturated rings. The molecular formula is C21H25Cl2N3O2. The lowest BCUT2D eigenvalue weighted by molar-refractivity contribution is -0.123. The van der Waals surface area contributed by atoms with Gasteiger partial charge in [-0.1, -0.05) is 66.0 Å². The van der Waals surface area contributed by atoms with Crippen LogP contribution in [0.15, 0.2) is 42.5 Å². The first kappa shape index (κ1) is 22.2. The number of hydrogen-bond acceptors (Lipinski definition) is 3. The van der Waals surface area contributed by atoms with Gasteiger partial charge in [0.25, 0.3) is 0 Å². The predicted octanol–water partition coefficient (Wildman–Crippen LogP) is 4.44. The van der Waals surface area contributed by atoms with Crippen LogP contribution in [-0.2, 0) is 9.59 Å². The fourth-order valence-electron chi connectivity index (χ4n) is 2.80. The van der Waals surface area contributed by atoms with Crippen molar-refractivity contribution in [3.63, 3.8) is 0 Å². The summed E-state index contributed by atoms with van der Waals surface area (Å²) < 4.78 is 0. The molecular weight excluding hydrogens is 397 g/mol. The van der Waals surface area contributed by atoms with Gasteiger partial charge in [-0.25, -0.2) is 0 Å². The van der Waals surface area contributed by atoms with E-state index in [1.54, 1.807) is 30.1 Å². The molecule has 5 nitrogen and oxygen atoms in total. The van der Waals surface area contributed by atoms with E-state index < -0.39 is 0 Å². The topological polar surface area (TPSA) is 61.4 Å². The molecule has 1 atom stereocenters. The molecule has 0 aromatic heterocycles. The number of halogens is 2. The lowest BCUT2D eigenvalue weighted by Gasteiger charge is -2.21. The van der Waals surface area contributed by atoms with Crippen molar-refractivity contribution < 1.29 is 9.59 Å². The molecule has 0 bridgehead atoms. The zero-order chi connectivity index (χ0) is 20.7. The van der Waals surface area contributed by atoms with Crippen LogP contribution < -0.4 is 10.6 Å². The number of carbonyl (C=O) groups is 2. The summed E-state index contributed by atoms with van der Waals surface area (Å²) in [6.45, 7) is 4.19. The first-order valence-corrected chi connectivity index (χ1v) is 9.84. The first-order valence-electron chi connectivity index (χ1n) is 9.08. The van der Waals surface area contributed by atoms with Gasteiger partial charge < -0.3 is 10.6 Å². The van der Waals surface area contributed by atoms with Gasteiger partial charge in [-0.3, -0.25) is 14.5 Å². The summed E-state index contributed by atoms with van der Waals surface area (Å²) in [7, 11) is 1.71. The highest BCUT2D eigenvalue weighted by Gasteiger charge is 2.16. The Morgan fingerprint density at radius 2 is 1.57 bits per heavy atom. The van der Waals surface area contributed by atoms with Gasteiger partial charge in [0.1, 0.15) is 0 Å². The normalized spacial score (nSPS) is 11.9. The van der Waals surface area contributed by atoms with Crippen molar-refractivity contribution in [1.82, 2.24) is 10.2 Å². The Hall–Kier alpha value is -2.08. The number of rotatable bonds is 8. The van der Waals surface area contributed by atoms with Crippen LogP contribution in [0.25, 0.3) is 0 Å². The quantitative estimate of drug-likeness (QED) is 0.661. The predicted molar refractivity (Wildman–Crippen MR) is 115 cm³/mol. The van der Waals surface area contributed by atoms with Crippen LogP contribution in [0, 0.1) is 6.92 Å². The average molecular weight is 422 g/mol. The van der Waals surface area contributed by atoms with E-state index in [1.165, 1.54) is 5.56 Å². The number of aryl methyl sites for hydroxylation is 1. The summed E-state index contributed by atoms with van der Waals surface area (Å²) in [5.41, 5.74) is 2.61. The van der Waals surface area contributed by atoms with Crippen molar-refractivity contribution in [2.24, 2.45) is 0 Å². The van der Waals surface area contributed by atoms with Crippen LogP contribution in [-0.4, -0.2) is 36.9 Å². The van der Waals surface area contributed by atoms with E-state index in [0.717, 1.165) is 12.0 Å². The second-order valence-electron chi connectivity index (χ2n) is 6.76. The van der Waals surface area contributed by atoms with E-state index in [1.807, 2.05) is 38.1 Å². The highest BCUT2D eigenvalue weighted by molar-refractivity contribution is 6.39. The smallest absolute Gasteiger partial charge is 0.238 e. The van der Waals surface area contributed by atoms with Crippen molar-refractivity contribution in [3.8, 4) is 0 Å². The Bertz CT molecular complexity index is 805. The SMILES string of the molecule is CC[C@@H](NC(=O)CN(C)CC(=O)Nc1c(Cl)cccc1Cl)c1ccc(C)cc1. The average Bonchev–Trinajstić information content (AvgIpc) is 2.63. The molecule has 0 unspecified atom stereocenters. The van der Waals surface area contributed by atoms with Gasteiger partial charge in [-0.05, 0) is 38.1 Å². The first-order chi connectivity index (χ1) is 13.3. The third-order valence-electron chi connectivity index (χ3n) is 4.28. The molecule has 0 saturated heterocycles. The molecule has 0 saturated carbocycles. The molecule has 0 radical (unpaired) electrons. The van der Waals surface area contributed by atoms with E-state index in [4.69, 9.17) is 23.2 Å². The maximum Gasteiger partial charge on any atom is 0.238 e. The number of benzene rings is 2. The standard InChI is InChI=1S/C21H25Cl2N3O2/c1-4-18(15-10-8-14(2)9-11-15)24-19(27)12-26(3)13-20(28)25-21-16(22)6-5-7-17(21)23/h5-11,18H,4,12-13H2,1-3H3,(H,24,27)(H,25,28)/t18-/m1/s1. The number of hydrogen-bond donors (Lipinski definition) is 2. The van der Waals surface area contributed by atoms with Crippen LogP contribution >= 0.6 is 23.2 Å².